The SMILES string of the molecule is CS(=O)CCCNS(=O)(=O)c1c(Cl)ccc(NC(=O)Nc2cccc(Cl)c2Cl)c1O.CSCCCNS(=O)(=O)c1c(Cl)ccc([N+](=O)[O-])c1Cl. The van der Waals surface area contributed by atoms with Gasteiger partial charge in [0.25, 0.3) is 5.69 Å². The number of hydrogen-bond acceptors (Lipinski definition) is 10. The zero-order chi connectivity index (χ0) is 37.8. The van der Waals surface area contributed by atoms with Crippen molar-refractivity contribution in [1.82, 2.24) is 9.44 Å². The third-order valence-corrected chi connectivity index (χ3v) is 12.8. The number of nitrogens with zero attached hydrogens (tertiary/aromatic N) is 1. The normalized spacial score (nSPS) is 12.1. The highest BCUT2D eigenvalue weighted by atomic mass is 35.5. The first-order valence-electron chi connectivity index (χ1n) is 13.8. The fourth-order valence-electron chi connectivity index (χ4n) is 3.74. The molecule has 0 aromatic heterocycles. The third kappa shape index (κ3) is 12.8. The summed E-state index contributed by atoms with van der Waals surface area (Å²) in [7, 11) is -9.24. The van der Waals surface area contributed by atoms with Crippen LogP contribution in [0.2, 0.25) is 25.1 Å². The van der Waals surface area contributed by atoms with E-state index in [4.69, 9.17) is 58.0 Å². The van der Waals surface area contributed by atoms with E-state index in [0.29, 0.717) is 18.6 Å². The molecule has 0 aliphatic carbocycles. The van der Waals surface area contributed by atoms with Gasteiger partial charge in [-0.25, -0.2) is 31.1 Å². The summed E-state index contributed by atoms with van der Waals surface area (Å²) < 4.78 is 65.0. The molecule has 3 aromatic rings. The van der Waals surface area contributed by atoms with Crippen LogP contribution in [-0.4, -0.2) is 74.2 Å². The fourth-order valence-corrected chi connectivity index (χ4v) is 9.05. The number of anilines is 2. The number of carbonyl (C=O) groups is 1. The molecule has 0 heterocycles. The van der Waals surface area contributed by atoms with Crippen LogP contribution in [-0.2, 0) is 30.8 Å². The Labute approximate surface area is 320 Å². The zero-order valence-corrected chi connectivity index (χ0v) is 33.0. The van der Waals surface area contributed by atoms with E-state index >= 15 is 0 Å². The molecule has 0 saturated carbocycles. The second kappa shape index (κ2) is 20.2. The van der Waals surface area contributed by atoms with E-state index in [9.17, 15) is 41.1 Å². The lowest BCUT2D eigenvalue weighted by molar-refractivity contribution is -0.384. The smallest absolute Gasteiger partial charge is 0.323 e. The van der Waals surface area contributed by atoms with Crippen molar-refractivity contribution < 1.29 is 35.9 Å². The van der Waals surface area contributed by atoms with Crippen molar-refractivity contribution in [2.45, 2.75) is 22.6 Å². The Bertz CT molecular complexity index is 1960. The molecule has 3 rings (SSSR count). The number of hydrogen-bond donors (Lipinski definition) is 5. The molecule has 1 unspecified atom stereocenters. The van der Waals surface area contributed by atoms with Crippen LogP contribution in [0.15, 0.2) is 52.3 Å². The lowest BCUT2D eigenvalue weighted by Crippen LogP contribution is -2.26. The highest BCUT2D eigenvalue weighted by Gasteiger charge is 2.28. The van der Waals surface area contributed by atoms with Crippen molar-refractivity contribution in [2.24, 2.45) is 0 Å². The molecule has 23 heteroatoms. The Morgan fingerprint density at radius 3 is 2.00 bits per heavy atom. The van der Waals surface area contributed by atoms with Crippen molar-refractivity contribution in [3.8, 4) is 5.75 Å². The van der Waals surface area contributed by atoms with E-state index in [1.165, 1.54) is 24.5 Å². The minimum atomic E-state index is -4.19. The predicted octanol–water partition coefficient (Wildman–Crippen LogP) is 6.98. The minimum absolute atomic E-state index is 0.00307. The highest BCUT2D eigenvalue weighted by molar-refractivity contribution is 7.98. The Morgan fingerprint density at radius 1 is 0.840 bits per heavy atom. The summed E-state index contributed by atoms with van der Waals surface area (Å²) in [6.45, 7) is 0.210. The number of halogens is 5. The highest BCUT2D eigenvalue weighted by Crippen LogP contribution is 2.38. The zero-order valence-electron chi connectivity index (χ0n) is 26.0. The quantitative estimate of drug-likeness (QED) is 0.0458. The summed E-state index contributed by atoms with van der Waals surface area (Å²) in [6, 6.07) is 8.51. The standard InChI is InChI=1S/C17H18Cl3N3O5S2.C10H12Cl2N2O4S2/c1-29(26)9-3-8-21-30(27,28)16-11(19)6-7-13(15(16)24)23-17(25)22-12-5-2-4-10(18)14(12)20;1-19-6-2-5-13-20(17,18)10-7(11)3-4-8(9(10)12)14(15)16/h2,4-7,21,24H,3,8-9H2,1H3,(H2,22,23,25);3-4,13H,2,5-6H2,1H3. The Balaban J connectivity index is 0.000000377. The van der Waals surface area contributed by atoms with Gasteiger partial charge in [-0.05, 0) is 55.2 Å². The maximum Gasteiger partial charge on any atom is 0.323 e. The molecule has 14 nitrogen and oxygen atoms in total. The monoisotopic (exact) mass is 871 g/mol. The maximum atomic E-state index is 12.5. The molecule has 0 aliphatic rings. The number of phenols is 1. The Kier molecular flexibility index (Phi) is 17.8. The van der Waals surface area contributed by atoms with E-state index in [0.717, 1.165) is 17.9 Å². The van der Waals surface area contributed by atoms with Crippen LogP contribution >= 0.6 is 69.8 Å². The summed E-state index contributed by atoms with van der Waals surface area (Å²) in [4.78, 5) is 21.2. The van der Waals surface area contributed by atoms with Gasteiger partial charge in [0.1, 0.15) is 14.8 Å². The molecule has 0 fully saturated rings. The average Bonchev–Trinajstić information content (AvgIpc) is 3.01. The van der Waals surface area contributed by atoms with Crippen molar-refractivity contribution in [3.05, 3.63) is 77.7 Å². The summed E-state index contributed by atoms with van der Waals surface area (Å²) in [5.74, 6) is 0.371. The molecule has 3 aromatic carbocycles. The first-order valence-corrected chi connectivity index (χ1v) is 21.8. The molecular formula is C27H30Cl5N5O9S4. The van der Waals surface area contributed by atoms with Crippen molar-refractivity contribution >= 4 is 124 Å². The molecule has 0 spiro atoms. The predicted molar refractivity (Wildman–Crippen MR) is 202 cm³/mol. The number of nitro groups is 1. The van der Waals surface area contributed by atoms with E-state index in [-0.39, 0.29) is 44.6 Å². The molecule has 5 N–H and O–H groups in total. The van der Waals surface area contributed by atoms with Crippen LogP contribution in [0.3, 0.4) is 0 Å². The number of carbonyl (C=O) groups excluding carboxylic acids is 1. The topological polar surface area (TPSA) is 214 Å². The van der Waals surface area contributed by atoms with E-state index < -0.39 is 68.1 Å². The number of nitrogens with one attached hydrogen (secondary N) is 4. The maximum absolute atomic E-state index is 12.5. The first-order chi connectivity index (χ1) is 23.3. The summed E-state index contributed by atoms with van der Waals surface area (Å²) in [6.07, 6.45) is 4.38. The summed E-state index contributed by atoms with van der Waals surface area (Å²) in [5, 5.41) is 25.5. The van der Waals surface area contributed by atoms with Gasteiger partial charge in [-0.3, -0.25) is 14.3 Å². The molecule has 0 radical (unpaired) electrons. The van der Waals surface area contributed by atoms with Gasteiger partial charge in [-0.1, -0.05) is 64.1 Å². The lowest BCUT2D eigenvalue weighted by Gasteiger charge is -2.14. The summed E-state index contributed by atoms with van der Waals surface area (Å²) >= 11 is 31.0. The fraction of sp³-hybridized carbons (Fsp3) is 0.296. The molecule has 0 aliphatic heterocycles. The minimum Gasteiger partial charge on any atom is -0.504 e. The number of benzene rings is 3. The number of amides is 2. The van der Waals surface area contributed by atoms with Gasteiger partial charge in [-0.2, -0.15) is 11.8 Å². The number of thioether (sulfide) groups is 1. The van der Waals surface area contributed by atoms with Gasteiger partial charge in [-0.15, -0.1) is 0 Å². The van der Waals surface area contributed by atoms with Gasteiger partial charge < -0.3 is 15.7 Å². The molecule has 1 atom stereocenters. The largest absolute Gasteiger partial charge is 0.504 e. The lowest BCUT2D eigenvalue weighted by atomic mass is 10.3. The summed E-state index contributed by atoms with van der Waals surface area (Å²) in [5.41, 5.74) is -0.469. The molecule has 2 amide bonds. The second-order valence-electron chi connectivity index (χ2n) is 9.69. The Morgan fingerprint density at radius 2 is 1.40 bits per heavy atom. The second-order valence-corrected chi connectivity index (χ2v) is 17.6. The van der Waals surface area contributed by atoms with Gasteiger partial charge in [0, 0.05) is 42.0 Å². The number of sulfonamides is 2. The van der Waals surface area contributed by atoms with Gasteiger partial charge in [0.15, 0.2) is 5.75 Å². The van der Waals surface area contributed by atoms with Gasteiger partial charge >= 0.3 is 6.03 Å². The molecular weight excluding hydrogens is 844 g/mol. The number of rotatable bonds is 15. The van der Waals surface area contributed by atoms with Crippen molar-refractivity contribution in [1.29, 1.82) is 0 Å². The van der Waals surface area contributed by atoms with Crippen LogP contribution in [0.25, 0.3) is 0 Å². The number of aromatic hydroxyl groups is 1. The number of urea groups is 1. The van der Waals surface area contributed by atoms with E-state index in [1.807, 2.05) is 6.26 Å². The van der Waals surface area contributed by atoms with Crippen molar-refractivity contribution in [2.75, 3.05) is 47.7 Å². The third-order valence-electron chi connectivity index (χ3n) is 6.01. The van der Waals surface area contributed by atoms with Crippen LogP contribution in [0, 0.1) is 10.1 Å². The van der Waals surface area contributed by atoms with Gasteiger partial charge in [0.2, 0.25) is 20.0 Å². The molecule has 0 bridgehead atoms. The van der Waals surface area contributed by atoms with E-state index in [1.54, 1.807) is 23.9 Å². The number of phenolic OH excluding ortho intramolecular Hbond substituents is 1. The van der Waals surface area contributed by atoms with Crippen molar-refractivity contribution in [3.63, 3.8) is 0 Å². The average molecular weight is 874 g/mol. The Hall–Kier alpha value is -2.10. The van der Waals surface area contributed by atoms with Gasteiger partial charge in [0.05, 0.1) is 36.4 Å². The van der Waals surface area contributed by atoms with Crippen LogP contribution in [0.5, 0.6) is 5.75 Å². The van der Waals surface area contributed by atoms with Crippen LogP contribution in [0.4, 0.5) is 21.9 Å². The first kappa shape index (κ1) is 44.1. The van der Waals surface area contributed by atoms with Crippen LogP contribution in [0.1, 0.15) is 12.8 Å². The molecule has 50 heavy (non-hydrogen) atoms. The molecule has 276 valence electrons. The van der Waals surface area contributed by atoms with Crippen LogP contribution < -0.4 is 20.1 Å². The number of nitro benzene ring substituents is 1. The van der Waals surface area contributed by atoms with E-state index in [2.05, 4.69) is 20.1 Å². The molecule has 0 saturated heterocycles.